The quantitative estimate of drug-likeness (QED) is 0.614. The maximum Gasteiger partial charge on any atom is 0.213 e. The Morgan fingerprint density at radius 1 is 1.58 bits per heavy atom. The highest BCUT2D eigenvalue weighted by Gasteiger charge is 2.04. The van der Waals surface area contributed by atoms with E-state index in [9.17, 15) is 4.39 Å². The summed E-state index contributed by atoms with van der Waals surface area (Å²) in [5, 5.41) is 0. The Balaban J connectivity index is 2.96. The van der Waals surface area contributed by atoms with Crippen LogP contribution in [0.3, 0.4) is 0 Å². The molecule has 0 amide bonds. The van der Waals surface area contributed by atoms with Crippen molar-refractivity contribution < 1.29 is 4.39 Å². The van der Waals surface area contributed by atoms with Crippen molar-refractivity contribution in [3.05, 3.63) is 36.4 Å². The number of nitrogens with zero attached hydrogens (tertiary/aromatic N) is 1. The summed E-state index contributed by atoms with van der Waals surface area (Å²) in [6.45, 7) is 7.93. The standard InChI is InChI=1S/C10H12FN/c1-7(2)8(3)9-4-5-12-10(11)6-9/h4-7H,3H2,1-2H3. The molecule has 0 aliphatic rings. The summed E-state index contributed by atoms with van der Waals surface area (Å²) in [4.78, 5) is 3.47. The van der Waals surface area contributed by atoms with E-state index in [1.165, 1.54) is 12.3 Å². The highest BCUT2D eigenvalue weighted by Crippen LogP contribution is 2.20. The average molecular weight is 165 g/mol. The van der Waals surface area contributed by atoms with Crippen molar-refractivity contribution in [3.8, 4) is 0 Å². The van der Waals surface area contributed by atoms with E-state index in [0.717, 1.165) is 11.1 Å². The summed E-state index contributed by atoms with van der Waals surface area (Å²) in [5.74, 6) is -0.110. The molecule has 0 N–H and O–H groups in total. The molecule has 0 aliphatic carbocycles. The van der Waals surface area contributed by atoms with Gasteiger partial charge in [-0.05, 0) is 23.1 Å². The van der Waals surface area contributed by atoms with E-state index in [1.807, 2.05) is 13.8 Å². The molecule has 0 saturated heterocycles. The molecule has 0 radical (unpaired) electrons. The first-order chi connectivity index (χ1) is 5.61. The fraction of sp³-hybridized carbons (Fsp3) is 0.300. The Hall–Kier alpha value is -1.18. The van der Waals surface area contributed by atoms with Crippen molar-refractivity contribution in [3.63, 3.8) is 0 Å². The summed E-state index contributed by atoms with van der Waals surface area (Å²) < 4.78 is 12.6. The van der Waals surface area contributed by atoms with Crippen LogP contribution in [-0.2, 0) is 0 Å². The molecule has 0 spiro atoms. The van der Waals surface area contributed by atoms with E-state index in [1.54, 1.807) is 6.07 Å². The highest BCUT2D eigenvalue weighted by atomic mass is 19.1. The van der Waals surface area contributed by atoms with E-state index in [2.05, 4.69) is 11.6 Å². The van der Waals surface area contributed by atoms with E-state index >= 15 is 0 Å². The normalized spacial score (nSPS) is 10.3. The smallest absolute Gasteiger partial charge is 0.213 e. The van der Waals surface area contributed by atoms with Crippen molar-refractivity contribution in [1.82, 2.24) is 4.98 Å². The van der Waals surface area contributed by atoms with E-state index in [0.29, 0.717) is 5.92 Å². The van der Waals surface area contributed by atoms with Gasteiger partial charge in [-0.1, -0.05) is 20.4 Å². The first-order valence-corrected chi connectivity index (χ1v) is 3.92. The van der Waals surface area contributed by atoms with Crippen molar-refractivity contribution in [2.45, 2.75) is 13.8 Å². The minimum absolute atomic E-state index is 0.340. The lowest BCUT2D eigenvalue weighted by Gasteiger charge is -2.08. The van der Waals surface area contributed by atoms with Gasteiger partial charge in [0.15, 0.2) is 0 Å². The van der Waals surface area contributed by atoms with Crippen LogP contribution in [0.4, 0.5) is 4.39 Å². The molecule has 1 aromatic rings. The second-order valence-electron chi connectivity index (χ2n) is 3.05. The Morgan fingerprint density at radius 2 is 2.25 bits per heavy atom. The maximum absolute atomic E-state index is 12.6. The van der Waals surface area contributed by atoms with Crippen LogP contribution in [0.25, 0.3) is 5.57 Å². The largest absolute Gasteiger partial charge is 0.228 e. The summed E-state index contributed by atoms with van der Waals surface area (Å²) >= 11 is 0. The fourth-order valence-electron chi connectivity index (χ4n) is 0.936. The predicted molar refractivity (Wildman–Crippen MR) is 48.1 cm³/mol. The molecule has 0 bridgehead atoms. The zero-order valence-electron chi connectivity index (χ0n) is 7.34. The van der Waals surface area contributed by atoms with Crippen LogP contribution in [0.15, 0.2) is 24.9 Å². The zero-order chi connectivity index (χ0) is 9.14. The zero-order valence-corrected chi connectivity index (χ0v) is 7.34. The molecular weight excluding hydrogens is 153 g/mol. The van der Waals surface area contributed by atoms with Crippen molar-refractivity contribution in [2.24, 2.45) is 5.92 Å². The molecule has 1 rings (SSSR count). The average Bonchev–Trinajstić information content (AvgIpc) is 2.03. The lowest BCUT2D eigenvalue weighted by molar-refractivity contribution is 0.583. The molecule has 0 saturated carbocycles. The molecular formula is C10H12FN. The second kappa shape index (κ2) is 3.48. The summed E-state index contributed by atoms with van der Waals surface area (Å²) in [7, 11) is 0. The summed E-state index contributed by atoms with van der Waals surface area (Å²) in [5.41, 5.74) is 1.77. The van der Waals surface area contributed by atoms with Crippen LogP contribution >= 0.6 is 0 Å². The van der Waals surface area contributed by atoms with Gasteiger partial charge < -0.3 is 0 Å². The first-order valence-electron chi connectivity index (χ1n) is 3.92. The van der Waals surface area contributed by atoms with Gasteiger partial charge in [-0.25, -0.2) is 4.98 Å². The maximum atomic E-state index is 12.6. The molecule has 0 unspecified atom stereocenters. The van der Waals surface area contributed by atoms with Gasteiger partial charge in [0, 0.05) is 12.3 Å². The topological polar surface area (TPSA) is 12.9 Å². The van der Waals surface area contributed by atoms with Crippen LogP contribution in [0.1, 0.15) is 19.4 Å². The van der Waals surface area contributed by atoms with Gasteiger partial charge in [-0.2, -0.15) is 4.39 Å². The van der Waals surface area contributed by atoms with Gasteiger partial charge in [0.2, 0.25) is 5.95 Å². The summed E-state index contributed by atoms with van der Waals surface area (Å²) in [6.07, 6.45) is 1.46. The Kier molecular flexibility index (Phi) is 2.58. The lowest BCUT2D eigenvalue weighted by Crippen LogP contribution is -1.93. The third kappa shape index (κ3) is 1.91. The number of allylic oxidation sites excluding steroid dienone is 1. The van der Waals surface area contributed by atoms with Crippen LogP contribution in [0.2, 0.25) is 0 Å². The Labute approximate surface area is 72.0 Å². The third-order valence-corrected chi connectivity index (χ3v) is 1.79. The Bertz CT molecular complexity index is 292. The minimum atomic E-state index is -0.450. The first kappa shape index (κ1) is 8.91. The predicted octanol–water partition coefficient (Wildman–Crippen LogP) is 2.89. The molecule has 64 valence electrons. The van der Waals surface area contributed by atoms with Crippen LogP contribution in [0.5, 0.6) is 0 Å². The van der Waals surface area contributed by atoms with Crippen molar-refractivity contribution >= 4 is 5.57 Å². The van der Waals surface area contributed by atoms with Crippen molar-refractivity contribution in [1.29, 1.82) is 0 Å². The van der Waals surface area contributed by atoms with Gasteiger partial charge in [0.1, 0.15) is 0 Å². The van der Waals surface area contributed by atoms with E-state index in [4.69, 9.17) is 0 Å². The molecule has 0 fully saturated rings. The highest BCUT2D eigenvalue weighted by molar-refractivity contribution is 5.64. The number of pyridine rings is 1. The Morgan fingerprint density at radius 3 is 2.75 bits per heavy atom. The van der Waals surface area contributed by atoms with Crippen LogP contribution in [0, 0.1) is 11.9 Å². The SMILES string of the molecule is C=C(c1ccnc(F)c1)C(C)C. The van der Waals surface area contributed by atoms with E-state index < -0.39 is 5.95 Å². The molecule has 2 heteroatoms. The number of aromatic nitrogens is 1. The fourth-order valence-corrected chi connectivity index (χ4v) is 0.936. The van der Waals surface area contributed by atoms with E-state index in [-0.39, 0.29) is 0 Å². The summed E-state index contributed by atoms with van der Waals surface area (Å²) in [6, 6.07) is 3.17. The third-order valence-electron chi connectivity index (χ3n) is 1.79. The number of hydrogen-bond donors (Lipinski definition) is 0. The van der Waals surface area contributed by atoms with Gasteiger partial charge in [-0.15, -0.1) is 0 Å². The monoisotopic (exact) mass is 165 g/mol. The minimum Gasteiger partial charge on any atom is -0.228 e. The number of halogens is 1. The second-order valence-corrected chi connectivity index (χ2v) is 3.05. The molecule has 1 heterocycles. The number of rotatable bonds is 2. The van der Waals surface area contributed by atoms with Crippen LogP contribution in [-0.4, -0.2) is 4.98 Å². The van der Waals surface area contributed by atoms with Gasteiger partial charge >= 0.3 is 0 Å². The number of hydrogen-bond acceptors (Lipinski definition) is 1. The van der Waals surface area contributed by atoms with Crippen molar-refractivity contribution in [2.75, 3.05) is 0 Å². The molecule has 0 aliphatic heterocycles. The molecule has 1 aromatic heterocycles. The molecule has 0 atom stereocenters. The lowest BCUT2D eigenvalue weighted by atomic mass is 9.98. The van der Waals surface area contributed by atoms with Gasteiger partial charge in [0.25, 0.3) is 0 Å². The van der Waals surface area contributed by atoms with Gasteiger partial charge in [0.05, 0.1) is 0 Å². The van der Waals surface area contributed by atoms with Crippen LogP contribution < -0.4 is 0 Å². The molecule has 0 aromatic carbocycles. The molecule has 12 heavy (non-hydrogen) atoms. The molecule has 1 nitrogen and oxygen atoms in total. The van der Waals surface area contributed by atoms with Gasteiger partial charge in [-0.3, -0.25) is 0 Å².